The largest absolute Gasteiger partial charge is 0.616 e. The molecule has 1 aromatic heterocycles. The fraction of sp³-hybridized carbons (Fsp3) is 0.385. The van der Waals surface area contributed by atoms with Crippen LogP contribution in [0.25, 0.3) is 5.32 Å². The average Bonchev–Trinajstić information content (AvgIpc) is 2.75. The maximum absolute atomic E-state index is 14.2. The molecule has 0 aliphatic rings. The molecule has 1 radical (unpaired) electrons. The third kappa shape index (κ3) is 10.2. The van der Waals surface area contributed by atoms with Crippen molar-refractivity contribution in [2.45, 2.75) is 46.3 Å². The summed E-state index contributed by atoms with van der Waals surface area (Å²) in [5.74, 6) is -1.16. The van der Waals surface area contributed by atoms with Crippen molar-refractivity contribution in [3.63, 3.8) is 0 Å². The molecule has 2 aromatic rings. The number of hydrogen-bond donors (Lipinski definition) is 1. The number of halogens is 1. The minimum atomic E-state index is -1.13. The Morgan fingerprint density at radius 3 is 2.42 bits per heavy atom. The van der Waals surface area contributed by atoms with Crippen molar-refractivity contribution in [2.75, 3.05) is 19.6 Å². The number of hydrogen-bond acceptors (Lipinski definition) is 6. The summed E-state index contributed by atoms with van der Waals surface area (Å²) in [6.45, 7) is 16.3. The number of carboxylic acid groups (broad SMARTS) is 1. The summed E-state index contributed by atoms with van der Waals surface area (Å²) >= 11 is 0. The summed E-state index contributed by atoms with van der Waals surface area (Å²) in [4.78, 5) is 28.6. The number of aromatic nitrogens is 1. The van der Waals surface area contributed by atoms with Crippen molar-refractivity contribution in [2.24, 2.45) is 0 Å². The Kier molecular flexibility index (Phi) is 12.3. The Balaban J connectivity index is 0.00000398. The first-order valence-electron chi connectivity index (χ1n) is 10.8. The van der Waals surface area contributed by atoms with Gasteiger partial charge in [-0.25, -0.2) is 14.2 Å². The summed E-state index contributed by atoms with van der Waals surface area (Å²) < 4.78 is 25.4. The van der Waals surface area contributed by atoms with Gasteiger partial charge in [0.15, 0.2) is 5.69 Å². The van der Waals surface area contributed by atoms with Gasteiger partial charge in [-0.05, 0) is 70.0 Å². The molecule has 0 aliphatic heterocycles. The van der Waals surface area contributed by atoms with Gasteiger partial charge in [-0.15, -0.1) is 6.54 Å². The number of aromatic carboxylic acids is 1. The second kappa shape index (κ2) is 14.1. The minimum Gasteiger partial charge on any atom is -0.616 e. The Morgan fingerprint density at radius 1 is 1.25 bits per heavy atom. The number of rotatable bonds is 9. The Bertz CT molecular complexity index is 1010. The smallest absolute Gasteiger partial charge is 0.354 e. The van der Waals surface area contributed by atoms with Crippen LogP contribution in [0.2, 0.25) is 0 Å². The molecule has 8 nitrogen and oxygen atoms in total. The molecule has 10 heteroatoms. The molecular formula is C26H33FLrN3O5-3. The van der Waals surface area contributed by atoms with Crippen molar-refractivity contribution in [3.05, 3.63) is 84.2 Å². The second-order valence-corrected chi connectivity index (χ2v) is 8.70. The fourth-order valence-electron chi connectivity index (χ4n) is 2.92. The minimum absolute atomic E-state index is 0. The van der Waals surface area contributed by atoms with E-state index in [9.17, 15) is 19.1 Å². The summed E-state index contributed by atoms with van der Waals surface area (Å²) in [6.07, 6.45) is 0.0413. The molecule has 0 unspecified atom stereocenters. The van der Waals surface area contributed by atoms with Gasteiger partial charge in [0.05, 0.1) is 6.20 Å². The number of ether oxygens (including phenoxy) is 2. The number of pyridine rings is 1. The number of nitrogens with zero attached hydrogens (tertiary/aromatic N) is 3. The van der Waals surface area contributed by atoms with E-state index in [2.05, 4.69) is 30.5 Å². The summed E-state index contributed by atoms with van der Waals surface area (Å²) in [5, 5.41) is 13.0. The van der Waals surface area contributed by atoms with E-state index in [1.54, 1.807) is 57.7 Å². The molecule has 0 aliphatic carbocycles. The first-order chi connectivity index (χ1) is 16.4. The predicted octanol–water partition coefficient (Wildman–Crippen LogP) is 5.66. The van der Waals surface area contributed by atoms with Gasteiger partial charge in [-0.2, -0.15) is 0 Å². The van der Waals surface area contributed by atoms with Gasteiger partial charge >= 0.3 is 5.97 Å². The third-order valence-electron chi connectivity index (χ3n) is 4.58. The van der Waals surface area contributed by atoms with Gasteiger partial charge in [0.2, 0.25) is 6.09 Å². The summed E-state index contributed by atoms with van der Waals surface area (Å²) in [5.41, 5.74) is 0.834. The van der Waals surface area contributed by atoms with Gasteiger partial charge in [-0.3, -0.25) is 18.4 Å². The van der Waals surface area contributed by atoms with Gasteiger partial charge in [0.25, 0.3) is 0 Å². The van der Waals surface area contributed by atoms with Crippen LogP contribution in [0, 0.1) is 33.3 Å². The molecule has 1 heterocycles. The zero-order valence-corrected chi connectivity index (χ0v) is 23.3. The van der Waals surface area contributed by atoms with E-state index in [-0.39, 0.29) is 24.6 Å². The molecular weight excluding hydrogens is 715 g/mol. The summed E-state index contributed by atoms with van der Waals surface area (Å²) in [6, 6.07) is 6.38. The fourth-order valence-corrected chi connectivity index (χ4v) is 2.92. The third-order valence-corrected chi connectivity index (χ3v) is 4.58. The number of carboxylic acids is 1. The van der Waals surface area contributed by atoms with Gasteiger partial charge in [-0.1, -0.05) is 12.1 Å². The van der Waals surface area contributed by atoms with Crippen LogP contribution in [0.1, 0.15) is 54.1 Å². The molecule has 1 N–H and O–H groups in total. The van der Waals surface area contributed by atoms with E-state index < -0.39 is 23.8 Å². The van der Waals surface area contributed by atoms with Crippen molar-refractivity contribution in [1.29, 1.82) is 0 Å². The molecule has 1 aromatic carbocycles. The van der Waals surface area contributed by atoms with Crippen molar-refractivity contribution >= 4 is 12.1 Å². The molecule has 0 saturated heterocycles. The van der Waals surface area contributed by atoms with Crippen LogP contribution < -0.4 is 4.74 Å². The van der Waals surface area contributed by atoms with Crippen molar-refractivity contribution in [1.82, 2.24) is 9.88 Å². The number of carbonyl (C=O) groups is 2. The molecule has 0 bridgehead atoms. The van der Waals surface area contributed by atoms with Crippen LogP contribution in [-0.4, -0.2) is 52.3 Å². The van der Waals surface area contributed by atoms with E-state index in [4.69, 9.17) is 9.47 Å². The molecule has 0 spiro atoms. The predicted molar refractivity (Wildman–Crippen MR) is 132 cm³/mol. The Hall–Kier alpha value is -4.46. The molecule has 1 atom stereocenters. The second-order valence-electron chi connectivity index (χ2n) is 8.70. The quantitative estimate of drug-likeness (QED) is 0.331. The normalized spacial score (nSPS) is 11.4. The van der Waals surface area contributed by atoms with E-state index in [0.29, 0.717) is 29.0 Å². The van der Waals surface area contributed by atoms with Crippen LogP contribution in [-0.2, 0) is 4.74 Å². The van der Waals surface area contributed by atoms with E-state index in [0.717, 1.165) is 0 Å². The topological polar surface area (TPSA) is 103 Å². The number of amides is 1. The maximum Gasteiger partial charge on any atom is 0.354 e. The van der Waals surface area contributed by atoms with Crippen molar-refractivity contribution < 1.29 is 28.6 Å². The molecule has 1 amide bonds. The molecule has 2 rings (SSSR count). The molecule has 36 heavy (non-hydrogen) atoms. The van der Waals surface area contributed by atoms with E-state index in [1.807, 2.05) is 0 Å². The van der Waals surface area contributed by atoms with Gasteiger partial charge in [0.1, 0.15) is 23.3 Å². The van der Waals surface area contributed by atoms with Gasteiger partial charge in [0, 0.05) is 6.54 Å². The molecule has 207 valence electrons. The number of carbonyl (C=O) groups excluding carboxylic acids is 1. The van der Waals surface area contributed by atoms with E-state index >= 15 is 0 Å². The summed E-state index contributed by atoms with van der Waals surface area (Å²) in [7, 11) is 3.97. The van der Waals surface area contributed by atoms with Crippen LogP contribution in [0.15, 0.2) is 37.0 Å². The van der Waals surface area contributed by atoms with Crippen LogP contribution in [0.3, 0.4) is 0 Å². The van der Waals surface area contributed by atoms with Crippen LogP contribution >= 0.6 is 0 Å². The van der Waals surface area contributed by atoms with Crippen LogP contribution in [0.5, 0.6) is 5.75 Å². The van der Waals surface area contributed by atoms with Crippen LogP contribution in [0.4, 0.5) is 9.18 Å². The zero-order valence-electron chi connectivity index (χ0n) is 21.1. The van der Waals surface area contributed by atoms with Gasteiger partial charge < -0.3 is 31.4 Å². The average molecular weight is 749 g/mol. The molecule has 0 saturated carbocycles. The molecule has 0 fully saturated rings. The number of benzene rings is 1. The zero-order chi connectivity index (χ0) is 26.8. The van der Waals surface area contributed by atoms with Crippen molar-refractivity contribution in [3.8, 4) is 5.75 Å². The SMILES string of the molecule is [CH-]=C.[CH2-]N(CC[N-]C(=O)OC(C)(C)C)C[C@H](Oc1cnc(C(=O)O)c(C)c1)c1ccc(C)c(F)c1.[Lr]. The first-order valence-corrected chi connectivity index (χ1v) is 10.8. The first kappa shape index (κ1) is 31.5. The maximum atomic E-state index is 14.2. The Labute approximate surface area is 206 Å². The standard InChI is InChI=1S/C24H31FN3O5.C2H3.Lr/c1-15-7-8-17(12-19(15)25)20(32-18-11-16(2)21(22(29)30)27-13-18)14-28(6)10-9-26-23(31)33-24(3,4)5;1-2;/h7-8,11-13,20H,6,9-10,14H2,1-5H3,(H2,26,29,30,31);1H,2H2;/q2*-1;/p-1/t20-;;/m0../s1. The van der Waals surface area contributed by atoms with E-state index in [1.165, 1.54) is 12.3 Å². The Morgan fingerprint density at radius 2 is 1.89 bits per heavy atom. The number of aryl methyl sites for hydroxylation is 2. The monoisotopic (exact) mass is 748 g/mol.